The maximum absolute atomic E-state index is 14.3. The average Bonchev–Trinajstić information content (AvgIpc) is 3.81. The number of hydrogen-bond acceptors (Lipinski definition) is 8. The molecule has 1 unspecified atom stereocenters. The molecule has 0 fully saturated rings. The number of carbonyl (C=O) groups excluding carboxylic acids is 1. The molecule has 12 heteroatoms. The molecule has 0 bridgehead atoms. The number of unbranched alkanes of at least 4 members (excludes halogenated alkanes) is 2. The van der Waals surface area contributed by atoms with Crippen LogP contribution in [0.4, 0.5) is 11.5 Å². The molecule has 0 aliphatic rings. The number of tetrazole rings is 1. The molecule has 2 N–H and O–H groups in total. The Labute approximate surface area is 336 Å². The second-order valence-corrected chi connectivity index (χ2v) is 16.6. The molecule has 0 aliphatic carbocycles. The van der Waals surface area contributed by atoms with Crippen molar-refractivity contribution in [3.8, 4) is 17.1 Å². The maximum atomic E-state index is 14.3. The van der Waals surface area contributed by atoms with Crippen LogP contribution in [0.2, 0.25) is 0 Å². The van der Waals surface area contributed by atoms with Gasteiger partial charge in [-0.05, 0) is 113 Å². The molecule has 0 saturated carbocycles. The molecular weight excluding hydrogens is 721 g/mol. The Morgan fingerprint density at radius 3 is 2.14 bits per heavy atom. The third-order valence-electron chi connectivity index (χ3n) is 10.9. The number of benzene rings is 3. The summed E-state index contributed by atoms with van der Waals surface area (Å²) in [5.41, 5.74) is 4.12. The highest BCUT2D eigenvalue weighted by Crippen LogP contribution is 2.39. The highest BCUT2D eigenvalue weighted by atomic mass is 32.2. The van der Waals surface area contributed by atoms with E-state index in [1.54, 1.807) is 9.36 Å². The van der Waals surface area contributed by atoms with E-state index in [1.807, 2.05) is 67.6 Å². The molecule has 1 amide bonds. The number of ether oxygens (including phenoxy) is 1. The first-order chi connectivity index (χ1) is 26.9. The minimum Gasteiger partial charge on any atom is -0.480 e. The zero-order valence-corrected chi connectivity index (χ0v) is 35.5. The van der Waals surface area contributed by atoms with Crippen molar-refractivity contribution in [2.24, 2.45) is 0 Å². The summed E-state index contributed by atoms with van der Waals surface area (Å²) in [6.45, 7) is 21.3. The molecule has 300 valence electrons. The van der Waals surface area contributed by atoms with Gasteiger partial charge in [-0.3, -0.25) is 14.7 Å². The van der Waals surface area contributed by atoms with Gasteiger partial charge < -0.3 is 15.0 Å². The Balaban J connectivity index is 1.42. The average molecular weight is 781 g/mol. The number of hydrogen-bond donors (Lipinski definition) is 2. The molecule has 2 aromatic heterocycles. The smallest absolute Gasteiger partial charge is 0.287 e. The first-order valence-electron chi connectivity index (χ1n) is 20.2. The van der Waals surface area contributed by atoms with Crippen molar-refractivity contribution in [2.45, 2.75) is 134 Å². The second kappa shape index (κ2) is 18.9. The minimum absolute atomic E-state index is 0.0300. The molecule has 2 heterocycles. The minimum atomic E-state index is -0.691. The summed E-state index contributed by atoms with van der Waals surface area (Å²) in [7, 11) is 0. The molecular formula is C44H60N8O3S. The van der Waals surface area contributed by atoms with Crippen molar-refractivity contribution >= 4 is 29.2 Å². The molecule has 1 atom stereocenters. The van der Waals surface area contributed by atoms with E-state index in [0.29, 0.717) is 27.8 Å². The fraction of sp³-hybridized carbons (Fsp3) is 0.477. The highest BCUT2D eigenvalue weighted by Gasteiger charge is 2.29. The third-order valence-corrected chi connectivity index (χ3v) is 11.9. The molecule has 3 aromatic carbocycles. The van der Waals surface area contributed by atoms with Gasteiger partial charge in [-0.15, -0.1) is 5.10 Å². The van der Waals surface area contributed by atoms with Crippen molar-refractivity contribution in [1.82, 2.24) is 30.0 Å². The summed E-state index contributed by atoms with van der Waals surface area (Å²) in [6.07, 6.45) is 5.79. The van der Waals surface area contributed by atoms with Gasteiger partial charge >= 0.3 is 0 Å². The summed E-state index contributed by atoms with van der Waals surface area (Å²) < 4.78 is 9.72. The fourth-order valence-corrected chi connectivity index (χ4v) is 7.30. The van der Waals surface area contributed by atoms with Crippen molar-refractivity contribution in [3.05, 3.63) is 94.3 Å². The maximum Gasteiger partial charge on any atom is 0.287 e. The number of nitrogens with one attached hydrogen (secondary N) is 2. The van der Waals surface area contributed by atoms with Gasteiger partial charge in [0.2, 0.25) is 5.16 Å². The van der Waals surface area contributed by atoms with Crippen LogP contribution in [0.25, 0.3) is 11.4 Å². The summed E-state index contributed by atoms with van der Waals surface area (Å²) in [6, 6.07) is 23.4. The van der Waals surface area contributed by atoms with Gasteiger partial charge in [-0.1, -0.05) is 105 Å². The lowest BCUT2D eigenvalue weighted by Gasteiger charge is -2.31. The number of aromatic nitrogens is 6. The first kappa shape index (κ1) is 42.3. The van der Waals surface area contributed by atoms with E-state index in [4.69, 9.17) is 4.74 Å². The number of para-hydroxylation sites is 1. The van der Waals surface area contributed by atoms with Crippen LogP contribution in [-0.2, 0) is 15.6 Å². The van der Waals surface area contributed by atoms with Gasteiger partial charge in [-0.25, -0.2) is 4.68 Å². The standard InChI is InChI=1S/C44H60N8O3S/c1-10-15-28-50(29-16-11-2)39-38(56-42-46-48-49-52(42)33-20-18-17-19-21-33)41(54)51(47-39)34-25-23-32(24-26-34)45-40(53)36(12-3)55-37-27-22-31(43(6,7)13-4)30-35(37)44(8,9)14-5/h17-27,30,36,47H,10-16,28-29H2,1-9H3,(H,45,53). The van der Waals surface area contributed by atoms with Crippen LogP contribution >= 0.6 is 11.8 Å². The topological polar surface area (TPSA) is 123 Å². The SMILES string of the molecule is CCCCN(CCCC)c1[nH]n(-c2ccc(NC(=O)C(CC)Oc3ccc(C(C)(C)CC)cc3C(C)(C)CC)cc2)c(=O)c1Sc1nnnn1-c1ccccc1. The van der Waals surface area contributed by atoms with Crippen LogP contribution < -0.4 is 20.5 Å². The van der Waals surface area contributed by atoms with Crippen molar-refractivity contribution in [3.63, 3.8) is 0 Å². The Kier molecular flexibility index (Phi) is 14.3. The van der Waals surface area contributed by atoms with Crippen LogP contribution in [0, 0.1) is 0 Å². The molecule has 56 heavy (non-hydrogen) atoms. The van der Waals surface area contributed by atoms with Gasteiger partial charge in [0.25, 0.3) is 11.5 Å². The summed E-state index contributed by atoms with van der Waals surface area (Å²) >= 11 is 1.25. The van der Waals surface area contributed by atoms with E-state index in [9.17, 15) is 9.59 Å². The Bertz CT molecular complexity index is 2080. The molecule has 11 nitrogen and oxygen atoms in total. The van der Waals surface area contributed by atoms with E-state index in [1.165, 1.54) is 17.3 Å². The van der Waals surface area contributed by atoms with Crippen LogP contribution in [0.15, 0.2) is 87.6 Å². The van der Waals surface area contributed by atoms with Crippen LogP contribution in [0.3, 0.4) is 0 Å². The molecule has 0 saturated heterocycles. The van der Waals surface area contributed by atoms with Gasteiger partial charge in [-0.2, -0.15) is 4.68 Å². The monoisotopic (exact) mass is 780 g/mol. The van der Waals surface area contributed by atoms with E-state index in [0.717, 1.165) is 74.4 Å². The van der Waals surface area contributed by atoms with E-state index >= 15 is 0 Å². The van der Waals surface area contributed by atoms with Crippen molar-refractivity contribution in [1.29, 1.82) is 0 Å². The van der Waals surface area contributed by atoms with Crippen LogP contribution in [-0.4, -0.2) is 55.1 Å². The van der Waals surface area contributed by atoms with Gasteiger partial charge in [0.15, 0.2) is 6.10 Å². The predicted octanol–water partition coefficient (Wildman–Crippen LogP) is 9.87. The lowest BCUT2D eigenvalue weighted by atomic mass is 9.76. The molecule has 0 radical (unpaired) electrons. The Hall–Kier alpha value is -4.84. The highest BCUT2D eigenvalue weighted by molar-refractivity contribution is 7.99. The summed E-state index contributed by atoms with van der Waals surface area (Å²) in [5, 5.41) is 19.4. The second-order valence-electron chi connectivity index (χ2n) is 15.7. The zero-order valence-electron chi connectivity index (χ0n) is 34.7. The van der Waals surface area contributed by atoms with Gasteiger partial charge in [0, 0.05) is 24.3 Å². The predicted molar refractivity (Wildman–Crippen MR) is 228 cm³/mol. The number of amides is 1. The zero-order chi connectivity index (χ0) is 40.5. The van der Waals surface area contributed by atoms with Crippen molar-refractivity contribution < 1.29 is 9.53 Å². The Morgan fingerprint density at radius 1 is 0.875 bits per heavy atom. The largest absolute Gasteiger partial charge is 0.480 e. The van der Waals surface area contributed by atoms with Crippen molar-refractivity contribution in [2.75, 3.05) is 23.3 Å². The summed E-state index contributed by atoms with van der Waals surface area (Å²) in [4.78, 5) is 30.8. The third kappa shape index (κ3) is 9.75. The number of H-pyrrole nitrogens is 1. The molecule has 0 spiro atoms. The van der Waals surface area contributed by atoms with Crippen LogP contribution in [0.5, 0.6) is 5.75 Å². The number of rotatable bonds is 20. The van der Waals surface area contributed by atoms with Crippen LogP contribution in [0.1, 0.15) is 118 Å². The van der Waals surface area contributed by atoms with E-state index < -0.39 is 6.10 Å². The molecule has 5 aromatic rings. The normalized spacial score (nSPS) is 12.4. The number of nitrogens with zero attached hydrogens (tertiary/aromatic N) is 6. The lowest BCUT2D eigenvalue weighted by Crippen LogP contribution is -2.33. The van der Waals surface area contributed by atoms with Gasteiger partial charge in [0.05, 0.1) is 11.4 Å². The summed E-state index contributed by atoms with van der Waals surface area (Å²) in [5.74, 6) is 1.25. The number of aromatic amines is 1. The fourth-order valence-electron chi connectivity index (χ4n) is 6.37. The molecule has 0 aliphatic heterocycles. The van der Waals surface area contributed by atoms with E-state index in [2.05, 4.69) is 98.4 Å². The first-order valence-corrected chi connectivity index (χ1v) is 21.0. The van der Waals surface area contributed by atoms with Gasteiger partial charge in [0.1, 0.15) is 16.5 Å². The number of anilines is 2. The Morgan fingerprint density at radius 2 is 1.54 bits per heavy atom. The quantitative estimate of drug-likeness (QED) is 0.0801. The lowest BCUT2D eigenvalue weighted by molar-refractivity contribution is -0.122. The number of carbonyl (C=O) groups is 1. The molecule has 5 rings (SSSR count). The van der Waals surface area contributed by atoms with E-state index in [-0.39, 0.29) is 22.3 Å².